The predicted octanol–water partition coefficient (Wildman–Crippen LogP) is 5.58. The van der Waals surface area contributed by atoms with Gasteiger partial charge in [0.25, 0.3) is 0 Å². The number of rotatable bonds is 5. The highest BCUT2D eigenvalue weighted by molar-refractivity contribution is 5.96. The molecule has 1 aliphatic heterocycles. The van der Waals surface area contributed by atoms with Gasteiger partial charge in [0.05, 0.1) is 13.0 Å². The summed E-state index contributed by atoms with van der Waals surface area (Å²) in [4.78, 5) is 12.9. The molecule has 1 N–H and O–H groups in total. The number of ether oxygens (including phenoxy) is 1. The van der Waals surface area contributed by atoms with Crippen LogP contribution in [0.5, 0.6) is 5.75 Å². The smallest absolute Gasteiger partial charge is 0.231 e. The van der Waals surface area contributed by atoms with Crippen molar-refractivity contribution in [2.45, 2.75) is 45.1 Å². The summed E-state index contributed by atoms with van der Waals surface area (Å²) in [6.07, 6.45) is 4.55. The van der Waals surface area contributed by atoms with E-state index >= 15 is 0 Å². The quantitative estimate of drug-likeness (QED) is 0.440. The number of carbonyl (C=O) groups excluding carboxylic acids is 1. The molecule has 1 atom stereocenters. The molecule has 0 spiro atoms. The number of hydrogen-bond donors (Lipinski definition) is 1. The first kappa shape index (κ1) is 21.2. The molecule has 1 aliphatic rings. The largest absolute Gasteiger partial charge is 0.497 e. The average molecular weight is 441 g/mol. The van der Waals surface area contributed by atoms with E-state index in [2.05, 4.69) is 26.1 Å². The van der Waals surface area contributed by atoms with Crippen molar-refractivity contribution in [2.24, 2.45) is 0 Å². The summed E-state index contributed by atoms with van der Waals surface area (Å²) >= 11 is 0. The molecular formula is C27H28N4O2. The Labute approximate surface area is 193 Å². The molecule has 0 unspecified atom stereocenters. The first-order valence-corrected chi connectivity index (χ1v) is 11.5. The van der Waals surface area contributed by atoms with Crippen LogP contribution in [-0.4, -0.2) is 27.8 Å². The lowest BCUT2D eigenvalue weighted by Gasteiger charge is -2.14. The summed E-state index contributed by atoms with van der Waals surface area (Å²) in [5.74, 6) is 2.50. The average Bonchev–Trinajstić information content (AvgIpc) is 3.11. The van der Waals surface area contributed by atoms with Crippen LogP contribution in [0.25, 0.3) is 22.2 Å². The molecule has 1 aromatic heterocycles. The van der Waals surface area contributed by atoms with Crippen LogP contribution < -0.4 is 10.1 Å². The zero-order chi connectivity index (χ0) is 22.8. The summed E-state index contributed by atoms with van der Waals surface area (Å²) < 4.78 is 7.53. The van der Waals surface area contributed by atoms with Gasteiger partial charge in [0.1, 0.15) is 11.6 Å². The molecule has 0 fully saturated rings. The van der Waals surface area contributed by atoms with Crippen molar-refractivity contribution >= 4 is 22.4 Å². The van der Waals surface area contributed by atoms with Gasteiger partial charge in [-0.1, -0.05) is 30.7 Å². The number of aryl methyl sites for hydroxylation is 1. The second-order valence-electron chi connectivity index (χ2n) is 8.66. The molecule has 33 heavy (non-hydrogen) atoms. The number of anilines is 1. The molecule has 168 valence electrons. The second kappa shape index (κ2) is 9.06. The summed E-state index contributed by atoms with van der Waals surface area (Å²) in [7, 11) is 1.66. The fourth-order valence-electron chi connectivity index (χ4n) is 4.44. The van der Waals surface area contributed by atoms with Crippen LogP contribution in [-0.2, 0) is 17.8 Å². The fourth-order valence-corrected chi connectivity index (χ4v) is 4.44. The third-order valence-corrected chi connectivity index (χ3v) is 6.48. The van der Waals surface area contributed by atoms with Crippen LogP contribution in [0.15, 0.2) is 60.7 Å². The zero-order valence-corrected chi connectivity index (χ0v) is 19.0. The molecule has 1 amide bonds. The van der Waals surface area contributed by atoms with Crippen LogP contribution in [0.3, 0.4) is 0 Å². The van der Waals surface area contributed by atoms with E-state index in [0.29, 0.717) is 0 Å². The molecule has 0 aliphatic carbocycles. The topological polar surface area (TPSA) is 69.0 Å². The van der Waals surface area contributed by atoms with E-state index < -0.39 is 0 Å². The van der Waals surface area contributed by atoms with Gasteiger partial charge in [0.15, 0.2) is 5.82 Å². The Morgan fingerprint density at radius 3 is 2.58 bits per heavy atom. The summed E-state index contributed by atoms with van der Waals surface area (Å²) in [6, 6.07) is 19.9. The van der Waals surface area contributed by atoms with Gasteiger partial charge in [-0.25, -0.2) is 0 Å². The van der Waals surface area contributed by atoms with Crippen molar-refractivity contribution < 1.29 is 9.53 Å². The maximum Gasteiger partial charge on any atom is 0.231 e. The molecule has 2 heterocycles. The van der Waals surface area contributed by atoms with E-state index in [4.69, 9.17) is 4.74 Å². The first-order valence-electron chi connectivity index (χ1n) is 11.5. The number of fused-ring (bicyclic) bond motifs is 2. The van der Waals surface area contributed by atoms with E-state index in [1.807, 2.05) is 61.5 Å². The predicted molar refractivity (Wildman–Crippen MR) is 131 cm³/mol. The van der Waals surface area contributed by atoms with Gasteiger partial charge in [0.2, 0.25) is 5.91 Å². The van der Waals surface area contributed by atoms with Crippen LogP contribution in [0, 0.1) is 0 Å². The van der Waals surface area contributed by atoms with E-state index in [1.54, 1.807) is 7.11 Å². The van der Waals surface area contributed by atoms with Crippen molar-refractivity contribution in [3.8, 4) is 17.1 Å². The number of benzene rings is 3. The standard InChI is InChI=1S/C27H28N4O2/c1-18(20-7-8-22-17-24(33-2)14-11-21(22)16-20)27(32)28-23-12-9-19(10-13-23)26-30-29-25-6-4-3-5-15-31(25)26/h7-14,16-18H,3-6,15H2,1-2H3,(H,28,32)/t18-/m1/s1. The normalized spacial score (nSPS) is 14.4. The highest BCUT2D eigenvalue weighted by atomic mass is 16.5. The Bertz CT molecular complexity index is 1290. The number of methoxy groups -OCH3 is 1. The van der Waals surface area contributed by atoms with Gasteiger partial charge >= 0.3 is 0 Å². The van der Waals surface area contributed by atoms with Crippen molar-refractivity contribution in [1.29, 1.82) is 0 Å². The molecule has 4 aromatic rings. The van der Waals surface area contributed by atoms with Crippen LogP contribution in [0.2, 0.25) is 0 Å². The minimum atomic E-state index is -0.275. The Morgan fingerprint density at radius 2 is 1.76 bits per heavy atom. The van der Waals surface area contributed by atoms with Gasteiger partial charge in [0, 0.05) is 24.2 Å². The first-order chi connectivity index (χ1) is 16.1. The molecule has 0 bridgehead atoms. The maximum absolute atomic E-state index is 12.9. The molecule has 0 saturated carbocycles. The number of carbonyl (C=O) groups is 1. The van der Waals surface area contributed by atoms with Gasteiger partial charge in [-0.2, -0.15) is 0 Å². The number of nitrogens with one attached hydrogen (secondary N) is 1. The lowest BCUT2D eigenvalue weighted by atomic mass is 9.97. The summed E-state index contributed by atoms with van der Waals surface area (Å²) in [5, 5.41) is 14.0. The molecule has 0 radical (unpaired) electrons. The molecule has 6 heteroatoms. The van der Waals surface area contributed by atoms with Crippen LogP contribution >= 0.6 is 0 Å². The van der Waals surface area contributed by atoms with E-state index in [0.717, 1.165) is 64.4 Å². The number of nitrogens with zero attached hydrogens (tertiary/aromatic N) is 3. The fraction of sp³-hybridized carbons (Fsp3) is 0.296. The third kappa shape index (κ3) is 4.33. The summed E-state index contributed by atoms with van der Waals surface area (Å²) in [6.45, 7) is 2.89. The maximum atomic E-state index is 12.9. The third-order valence-electron chi connectivity index (χ3n) is 6.48. The molecule has 0 saturated heterocycles. The molecule has 3 aromatic carbocycles. The highest BCUT2D eigenvalue weighted by Crippen LogP contribution is 2.27. The van der Waals surface area contributed by atoms with Crippen molar-refractivity contribution in [3.05, 3.63) is 72.1 Å². The minimum Gasteiger partial charge on any atom is -0.497 e. The zero-order valence-electron chi connectivity index (χ0n) is 19.0. The van der Waals surface area contributed by atoms with Crippen LogP contribution in [0.1, 0.15) is 43.5 Å². The Morgan fingerprint density at radius 1 is 0.970 bits per heavy atom. The minimum absolute atomic E-state index is 0.0352. The molecule has 5 rings (SSSR count). The van der Waals surface area contributed by atoms with Crippen LogP contribution in [0.4, 0.5) is 5.69 Å². The number of hydrogen-bond acceptors (Lipinski definition) is 4. The number of aromatic nitrogens is 3. The van der Waals surface area contributed by atoms with E-state index in [9.17, 15) is 4.79 Å². The van der Waals surface area contributed by atoms with Crippen molar-refractivity contribution in [1.82, 2.24) is 14.8 Å². The van der Waals surface area contributed by atoms with Gasteiger partial charge in [-0.3, -0.25) is 4.79 Å². The number of amides is 1. The Balaban J connectivity index is 1.30. The Hall–Kier alpha value is -3.67. The van der Waals surface area contributed by atoms with Gasteiger partial charge in [-0.15, -0.1) is 10.2 Å². The van der Waals surface area contributed by atoms with Gasteiger partial charge in [-0.05, 0) is 72.5 Å². The van der Waals surface area contributed by atoms with E-state index in [-0.39, 0.29) is 11.8 Å². The summed E-state index contributed by atoms with van der Waals surface area (Å²) in [5.41, 5.74) is 2.77. The lowest BCUT2D eigenvalue weighted by molar-refractivity contribution is -0.117. The van der Waals surface area contributed by atoms with Crippen molar-refractivity contribution in [3.63, 3.8) is 0 Å². The molecular weight excluding hydrogens is 412 g/mol. The lowest BCUT2D eigenvalue weighted by Crippen LogP contribution is -2.18. The van der Waals surface area contributed by atoms with Crippen molar-refractivity contribution in [2.75, 3.05) is 12.4 Å². The van der Waals surface area contributed by atoms with E-state index in [1.165, 1.54) is 12.8 Å². The second-order valence-corrected chi connectivity index (χ2v) is 8.66. The monoisotopic (exact) mass is 440 g/mol. The molecule has 6 nitrogen and oxygen atoms in total. The Kier molecular flexibility index (Phi) is 5.82. The SMILES string of the molecule is COc1ccc2cc([C@@H](C)C(=O)Nc3ccc(-c4nnc5n4CCCCC5)cc3)ccc2c1. The van der Waals surface area contributed by atoms with Gasteiger partial charge < -0.3 is 14.6 Å². The highest BCUT2D eigenvalue weighted by Gasteiger charge is 2.18.